The zero-order chi connectivity index (χ0) is 20.8. The summed E-state index contributed by atoms with van der Waals surface area (Å²) < 4.78 is 5.43. The van der Waals surface area contributed by atoms with Gasteiger partial charge in [0.2, 0.25) is 5.91 Å². The number of amides is 3. The molecule has 0 unspecified atom stereocenters. The predicted octanol–water partition coefficient (Wildman–Crippen LogP) is 4.34. The number of benzene rings is 1. The van der Waals surface area contributed by atoms with E-state index in [0.717, 1.165) is 42.3 Å². The minimum Gasteiger partial charge on any atom is -0.488 e. The van der Waals surface area contributed by atoms with Crippen LogP contribution in [0, 0.1) is 0 Å². The molecule has 154 valence electrons. The highest BCUT2D eigenvalue weighted by atomic mass is 35.5. The van der Waals surface area contributed by atoms with Gasteiger partial charge >= 0.3 is 0 Å². The number of rotatable bonds is 6. The molecule has 0 saturated carbocycles. The Hall–Kier alpha value is -2.25. The Balaban J connectivity index is 1.68. The number of halogens is 1. The van der Waals surface area contributed by atoms with Crippen LogP contribution in [0.5, 0.6) is 5.75 Å². The van der Waals surface area contributed by atoms with Crippen LogP contribution in [-0.2, 0) is 9.59 Å². The molecule has 0 N–H and O–H groups in total. The summed E-state index contributed by atoms with van der Waals surface area (Å²) in [6.07, 6.45) is 7.35. The average Bonchev–Trinajstić information content (AvgIpc) is 2.89. The lowest BCUT2D eigenvalue weighted by Gasteiger charge is -2.22. The summed E-state index contributed by atoms with van der Waals surface area (Å²) in [5.74, 6) is -0.117. The Morgan fingerprint density at radius 1 is 1.21 bits per heavy atom. The van der Waals surface area contributed by atoms with E-state index >= 15 is 0 Å². The second kappa shape index (κ2) is 9.98. The lowest BCUT2D eigenvalue weighted by Crippen LogP contribution is -2.42. The first-order valence-electron chi connectivity index (χ1n) is 9.56. The SMILES string of the molecule is C=CCOc1ccc(/C=C2\SC(=O)N(CC(=O)N3CCCCCC3)C2=O)cc1Cl. The van der Waals surface area contributed by atoms with Crippen LogP contribution in [0.15, 0.2) is 35.8 Å². The quantitative estimate of drug-likeness (QED) is 0.492. The Morgan fingerprint density at radius 3 is 2.59 bits per heavy atom. The zero-order valence-corrected chi connectivity index (χ0v) is 17.6. The maximum atomic E-state index is 12.7. The number of hydrogen-bond donors (Lipinski definition) is 0. The second-order valence-corrected chi connectivity index (χ2v) is 8.25. The lowest BCUT2D eigenvalue weighted by atomic mass is 10.2. The molecule has 0 bridgehead atoms. The third kappa shape index (κ3) is 5.42. The first kappa shape index (κ1) is 21.5. The molecule has 0 spiro atoms. The van der Waals surface area contributed by atoms with Crippen LogP contribution >= 0.6 is 23.4 Å². The van der Waals surface area contributed by atoms with Crippen LogP contribution in [0.1, 0.15) is 31.2 Å². The zero-order valence-electron chi connectivity index (χ0n) is 16.1. The minimum atomic E-state index is -0.453. The topological polar surface area (TPSA) is 66.9 Å². The fraction of sp³-hybridized carbons (Fsp3) is 0.381. The molecular weight excluding hydrogens is 412 g/mol. The van der Waals surface area contributed by atoms with Crippen molar-refractivity contribution in [3.05, 3.63) is 46.3 Å². The summed E-state index contributed by atoms with van der Waals surface area (Å²) in [7, 11) is 0. The van der Waals surface area contributed by atoms with Crippen LogP contribution in [0.25, 0.3) is 6.08 Å². The lowest BCUT2D eigenvalue weighted by molar-refractivity contribution is -0.135. The van der Waals surface area contributed by atoms with Gasteiger partial charge in [-0.05, 0) is 48.4 Å². The highest BCUT2D eigenvalue weighted by molar-refractivity contribution is 8.18. The first-order valence-corrected chi connectivity index (χ1v) is 10.8. The molecule has 8 heteroatoms. The standard InChI is InChI=1S/C21H23ClN2O4S/c1-2-11-28-17-8-7-15(12-16(17)22)13-18-20(26)24(21(27)29-18)14-19(25)23-9-5-3-4-6-10-23/h2,7-8,12-13H,1,3-6,9-11,14H2/b18-13-. The van der Waals surface area contributed by atoms with E-state index in [9.17, 15) is 14.4 Å². The highest BCUT2D eigenvalue weighted by Crippen LogP contribution is 2.33. The summed E-state index contributed by atoms with van der Waals surface area (Å²) in [6.45, 7) is 5.08. The third-order valence-corrected chi connectivity index (χ3v) is 5.94. The molecule has 1 aromatic rings. The van der Waals surface area contributed by atoms with Gasteiger partial charge < -0.3 is 9.64 Å². The van der Waals surface area contributed by atoms with E-state index in [4.69, 9.17) is 16.3 Å². The second-order valence-electron chi connectivity index (χ2n) is 6.85. The molecule has 1 aromatic carbocycles. The van der Waals surface area contributed by atoms with Gasteiger partial charge in [0.05, 0.1) is 9.93 Å². The molecule has 29 heavy (non-hydrogen) atoms. The molecule has 0 aromatic heterocycles. The Kier molecular flexibility index (Phi) is 7.39. The fourth-order valence-corrected chi connectivity index (χ4v) is 4.30. The number of carbonyl (C=O) groups is 3. The summed E-state index contributed by atoms with van der Waals surface area (Å²) >= 11 is 7.04. The van der Waals surface area contributed by atoms with Crippen molar-refractivity contribution in [3.8, 4) is 5.75 Å². The van der Waals surface area contributed by atoms with E-state index in [-0.39, 0.29) is 17.4 Å². The number of hydrogen-bond acceptors (Lipinski definition) is 5. The number of carbonyl (C=O) groups excluding carboxylic acids is 3. The van der Waals surface area contributed by atoms with Gasteiger partial charge in [-0.3, -0.25) is 19.3 Å². The molecule has 2 fully saturated rings. The van der Waals surface area contributed by atoms with Gasteiger partial charge in [-0.25, -0.2) is 0 Å². The van der Waals surface area contributed by atoms with Crippen molar-refractivity contribution in [2.24, 2.45) is 0 Å². The average molecular weight is 435 g/mol. The maximum absolute atomic E-state index is 12.7. The maximum Gasteiger partial charge on any atom is 0.294 e. The van der Waals surface area contributed by atoms with Crippen molar-refractivity contribution >= 4 is 46.5 Å². The Bertz CT molecular complexity index is 847. The van der Waals surface area contributed by atoms with Crippen molar-refractivity contribution in [1.29, 1.82) is 0 Å². The molecule has 6 nitrogen and oxygen atoms in total. The van der Waals surface area contributed by atoms with E-state index in [0.29, 0.717) is 36.0 Å². The van der Waals surface area contributed by atoms with Gasteiger partial charge in [-0.1, -0.05) is 43.2 Å². The number of thioether (sulfide) groups is 1. The minimum absolute atomic E-state index is 0.179. The molecule has 2 aliphatic rings. The van der Waals surface area contributed by atoms with E-state index in [1.165, 1.54) is 0 Å². The van der Waals surface area contributed by atoms with Crippen molar-refractivity contribution < 1.29 is 19.1 Å². The van der Waals surface area contributed by atoms with Crippen LogP contribution in [0.3, 0.4) is 0 Å². The predicted molar refractivity (Wildman–Crippen MR) is 115 cm³/mol. The van der Waals surface area contributed by atoms with Gasteiger partial charge in [0.25, 0.3) is 11.1 Å². The van der Waals surface area contributed by atoms with Crippen molar-refractivity contribution in [2.45, 2.75) is 25.7 Å². The molecule has 3 amide bonds. The smallest absolute Gasteiger partial charge is 0.294 e. The van der Waals surface area contributed by atoms with E-state index in [2.05, 4.69) is 6.58 Å². The van der Waals surface area contributed by atoms with Gasteiger partial charge in [0.15, 0.2) is 0 Å². The van der Waals surface area contributed by atoms with Crippen LogP contribution in [-0.4, -0.2) is 53.1 Å². The van der Waals surface area contributed by atoms with E-state index < -0.39 is 11.1 Å². The Morgan fingerprint density at radius 2 is 1.93 bits per heavy atom. The molecular formula is C21H23ClN2O4S. The van der Waals surface area contributed by atoms with Crippen LogP contribution in [0.2, 0.25) is 5.02 Å². The molecule has 0 atom stereocenters. The van der Waals surface area contributed by atoms with Crippen LogP contribution in [0.4, 0.5) is 4.79 Å². The van der Waals surface area contributed by atoms with Gasteiger partial charge in [0.1, 0.15) is 18.9 Å². The van der Waals surface area contributed by atoms with Gasteiger partial charge in [-0.2, -0.15) is 0 Å². The number of ether oxygens (including phenoxy) is 1. The summed E-state index contributed by atoms with van der Waals surface area (Å²) in [4.78, 5) is 40.6. The summed E-state index contributed by atoms with van der Waals surface area (Å²) in [5, 5.41) is -0.0300. The monoisotopic (exact) mass is 434 g/mol. The molecule has 2 heterocycles. The summed E-state index contributed by atoms with van der Waals surface area (Å²) in [5.41, 5.74) is 0.672. The highest BCUT2D eigenvalue weighted by Gasteiger charge is 2.37. The van der Waals surface area contributed by atoms with Crippen molar-refractivity contribution in [2.75, 3.05) is 26.2 Å². The van der Waals surface area contributed by atoms with Gasteiger partial charge in [0, 0.05) is 13.1 Å². The Labute approximate surface area is 179 Å². The first-order chi connectivity index (χ1) is 14.0. The fourth-order valence-electron chi connectivity index (χ4n) is 3.22. The van der Waals surface area contributed by atoms with E-state index in [1.54, 1.807) is 35.3 Å². The largest absolute Gasteiger partial charge is 0.488 e. The molecule has 0 aliphatic carbocycles. The summed E-state index contributed by atoms with van der Waals surface area (Å²) in [6, 6.07) is 5.11. The molecule has 0 radical (unpaired) electrons. The normalized spacial score (nSPS) is 18.9. The molecule has 3 rings (SSSR count). The number of nitrogens with zero attached hydrogens (tertiary/aromatic N) is 2. The van der Waals surface area contributed by atoms with Crippen molar-refractivity contribution in [3.63, 3.8) is 0 Å². The van der Waals surface area contributed by atoms with Crippen molar-refractivity contribution in [1.82, 2.24) is 9.80 Å². The third-order valence-electron chi connectivity index (χ3n) is 4.74. The number of imide groups is 1. The van der Waals surface area contributed by atoms with Gasteiger partial charge in [-0.15, -0.1) is 0 Å². The molecule has 2 saturated heterocycles. The van der Waals surface area contributed by atoms with Crippen LogP contribution < -0.4 is 4.74 Å². The number of likely N-dealkylation sites (tertiary alicyclic amines) is 1. The molecule has 2 aliphatic heterocycles. The van der Waals surface area contributed by atoms with E-state index in [1.807, 2.05) is 0 Å².